The fraction of sp³-hybridized carbons (Fsp3) is 0.364. The average molecular weight is 286 g/mol. The lowest BCUT2D eigenvalue weighted by Crippen LogP contribution is -2.05. The van der Waals surface area contributed by atoms with Crippen LogP contribution >= 0.6 is 11.8 Å². The van der Waals surface area contributed by atoms with Gasteiger partial charge in [-0.2, -0.15) is 11.8 Å². The summed E-state index contributed by atoms with van der Waals surface area (Å²) in [7, 11) is -2.90. The number of nitrogen functional groups attached to an aromatic ring is 1. The predicted octanol–water partition coefficient (Wildman–Crippen LogP) is 1.69. The fourth-order valence-corrected chi connectivity index (χ4v) is 3.55. The number of sulfone groups is 1. The lowest BCUT2D eigenvalue weighted by Gasteiger charge is -1.96. The molecule has 0 saturated heterocycles. The molecule has 98 valence electrons. The van der Waals surface area contributed by atoms with Gasteiger partial charge in [0.05, 0.1) is 11.5 Å². The van der Waals surface area contributed by atoms with Gasteiger partial charge in [-0.25, -0.2) is 13.4 Å². The third kappa shape index (κ3) is 3.64. The van der Waals surface area contributed by atoms with Crippen molar-refractivity contribution in [1.82, 2.24) is 4.98 Å². The molecule has 0 amide bonds. The second-order valence-electron chi connectivity index (χ2n) is 4.02. The molecule has 2 N–H and O–H groups in total. The third-order valence-electron chi connectivity index (χ3n) is 2.28. The van der Waals surface area contributed by atoms with Crippen molar-refractivity contribution in [1.29, 1.82) is 0 Å². The van der Waals surface area contributed by atoms with E-state index in [4.69, 9.17) is 10.2 Å². The molecule has 0 fully saturated rings. The normalized spacial score (nSPS) is 12.1. The fourth-order valence-electron chi connectivity index (χ4n) is 1.42. The van der Waals surface area contributed by atoms with Crippen LogP contribution in [0.3, 0.4) is 0 Å². The molecule has 0 saturated carbocycles. The van der Waals surface area contributed by atoms with Crippen LogP contribution in [0, 0.1) is 0 Å². The van der Waals surface area contributed by atoms with Crippen LogP contribution in [0.25, 0.3) is 11.1 Å². The molecular weight excluding hydrogens is 272 g/mol. The number of thioether (sulfide) groups is 1. The van der Waals surface area contributed by atoms with Gasteiger partial charge in [0.2, 0.25) is 5.89 Å². The standard InChI is InChI=1S/C11H14N2O3S2/c1-18(14,15)5-4-17-7-11-13-9-3-2-8(12)6-10(9)16-11/h2-3,6H,4-5,7,12H2,1H3. The molecule has 0 aliphatic heterocycles. The number of nitrogens with zero attached hydrogens (tertiary/aromatic N) is 1. The summed E-state index contributed by atoms with van der Waals surface area (Å²) in [5.41, 5.74) is 7.70. The van der Waals surface area contributed by atoms with Crippen LogP contribution in [0.5, 0.6) is 0 Å². The van der Waals surface area contributed by atoms with Gasteiger partial charge in [0.15, 0.2) is 5.58 Å². The second-order valence-corrected chi connectivity index (χ2v) is 7.38. The van der Waals surface area contributed by atoms with Crippen LogP contribution in [0.15, 0.2) is 22.6 Å². The van der Waals surface area contributed by atoms with Crippen molar-refractivity contribution in [2.45, 2.75) is 5.75 Å². The Bertz CT molecular complexity index is 649. The van der Waals surface area contributed by atoms with E-state index in [0.29, 0.717) is 28.7 Å². The number of fused-ring (bicyclic) bond motifs is 1. The average Bonchev–Trinajstić information content (AvgIpc) is 2.65. The van der Waals surface area contributed by atoms with Crippen molar-refractivity contribution in [3.05, 3.63) is 24.1 Å². The molecule has 18 heavy (non-hydrogen) atoms. The Kier molecular flexibility index (Phi) is 3.82. The van der Waals surface area contributed by atoms with E-state index in [1.54, 1.807) is 18.2 Å². The summed E-state index contributed by atoms with van der Waals surface area (Å²) in [4.78, 5) is 4.30. The highest BCUT2D eigenvalue weighted by Crippen LogP contribution is 2.21. The highest BCUT2D eigenvalue weighted by molar-refractivity contribution is 7.99. The minimum Gasteiger partial charge on any atom is -0.440 e. The first-order chi connectivity index (χ1) is 8.44. The summed E-state index contributed by atoms with van der Waals surface area (Å²) in [5, 5.41) is 0. The largest absolute Gasteiger partial charge is 0.440 e. The lowest BCUT2D eigenvalue weighted by molar-refractivity contribution is 0.556. The first-order valence-corrected chi connectivity index (χ1v) is 8.56. The monoisotopic (exact) mass is 286 g/mol. The molecule has 0 spiro atoms. The highest BCUT2D eigenvalue weighted by Gasteiger charge is 2.07. The lowest BCUT2D eigenvalue weighted by atomic mass is 10.3. The zero-order chi connectivity index (χ0) is 13.2. The number of benzene rings is 1. The van der Waals surface area contributed by atoms with Gasteiger partial charge >= 0.3 is 0 Å². The van der Waals surface area contributed by atoms with Crippen molar-refractivity contribution in [2.75, 3.05) is 23.5 Å². The van der Waals surface area contributed by atoms with Gasteiger partial charge in [0, 0.05) is 23.8 Å². The number of rotatable bonds is 5. The van der Waals surface area contributed by atoms with Gasteiger partial charge < -0.3 is 10.2 Å². The molecule has 0 aliphatic carbocycles. The molecule has 0 bridgehead atoms. The number of aromatic nitrogens is 1. The van der Waals surface area contributed by atoms with E-state index in [9.17, 15) is 8.42 Å². The number of oxazole rings is 1. The van der Waals surface area contributed by atoms with Crippen LogP contribution in [0.4, 0.5) is 5.69 Å². The summed E-state index contributed by atoms with van der Waals surface area (Å²) in [6, 6.07) is 5.30. The summed E-state index contributed by atoms with van der Waals surface area (Å²) >= 11 is 1.49. The van der Waals surface area contributed by atoms with Gasteiger partial charge in [0.25, 0.3) is 0 Å². The maximum absolute atomic E-state index is 11.0. The van der Waals surface area contributed by atoms with Crippen LogP contribution in [-0.4, -0.2) is 31.2 Å². The van der Waals surface area contributed by atoms with E-state index in [2.05, 4.69) is 4.98 Å². The Morgan fingerprint density at radius 2 is 2.22 bits per heavy atom. The Balaban J connectivity index is 1.96. The molecule has 0 unspecified atom stereocenters. The van der Waals surface area contributed by atoms with Crippen molar-refractivity contribution < 1.29 is 12.8 Å². The van der Waals surface area contributed by atoms with E-state index in [1.807, 2.05) is 0 Å². The number of hydrogen-bond donors (Lipinski definition) is 1. The Hall–Kier alpha value is -1.21. The molecule has 0 atom stereocenters. The Labute approximate surface area is 110 Å². The van der Waals surface area contributed by atoms with Crippen molar-refractivity contribution in [3.63, 3.8) is 0 Å². The van der Waals surface area contributed by atoms with Crippen LogP contribution in [-0.2, 0) is 15.6 Å². The zero-order valence-electron chi connectivity index (χ0n) is 9.92. The van der Waals surface area contributed by atoms with Crippen LogP contribution in [0.2, 0.25) is 0 Å². The SMILES string of the molecule is CS(=O)(=O)CCSCc1nc2ccc(N)cc2o1. The maximum atomic E-state index is 11.0. The number of hydrogen-bond acceptors (Lipinski definition) is 6. The van der Waals surface area contributed by atoms with E-state index < -0.39 is 9.84 Å². The minimum atomic E-state index is -2.90. The minimum absolute atomic E-state index is 0.171. The first-order valence-electron chi connectivity index (χ1n) is 5.34. The zero-order valence-corrected chi connectivity index (χ0v) is 11.6. The second kappa shape index (κ2) is 5.19. The smallest absolute Gasteiger partial charge is 0.205 e. The summed E-state index contributed by atoms with van der Waals surface area (Å²) in [5.74, 6) is 1.86. The van der Waals surface area contributed by atoms with E-state index >= 15 is 0 Å². The first kappa shape index (κ1) is 13.2. The molecule has 1 aromatic carbocycles. The molecule has 5 nitrogen and oxygen atoms in total. The Morgan fingerprint density at radius 3 is 2.94 bits per heavy atom. The molecule has 1 aromatic heterocycles. The van der Waals surface area contributed by atoms with Gasteiger partial charge in [-0.15, -0.1) is 0 Å². The molecule has 2 aromatic rings. The van der Waals surface area contributed by atoms with Crippen LogP contribution < -0.4 is 5.73 Å². The Morgan fingerprint density at radius 1 is 1.44 bits per heavy atom. The predicted molar refractivity (Wildman–Crippen MR) is 74.3 cm³/mol. The summed E-state index contributed by atoms with van der Waals surface area (Å²) < 4.78 is 27.4. The van der Waals surface area contributed by atoms with Gasteiger partial charge in [0.1, 0.15) is 15.4 Å². The molecule has 1 heterocycles. The van der Waals surface area contributed by atoms with E-state index in [1.165, 1.54) is 18.0 Å². The number of anilines is 1. The molecular formula is C11H14N2O3S2. The third-order valence-corrected chi connectivity index (χ3v) is 4.43. The van der Waals surface area contributed by atoms with Crippen molar-refractivity contribution >= 4 is 38.4 Å². The highest BCUT2D eigenvalue weighted by atomic mass is 32.2. The number of nitrogens with two attached hydrogens (primary N) is 1. The van der Waals surface area contributed by atoms with Gasteiger partial charge in [-0.3, -0.25) is 0 Å². The molecule has 0 aliphatic rings. The molecule has 2 rings (SSSR count). The van der Waals surface area contributed by atoms with Crippen molar-refractivity contribution in [3.8, 4) is 0 Å². The molecule has 0 radical (unpaired) electrons. The maximum Gasteiger partial charge on any atom is 0.205 e. The summed E-state index contributed by atoms with van der Waals surface area (Å²) in [6.07, 6.45) is 1.23. The van der Waals surface area contributed by atoms with E-state index in [-0.39, 0.29) is 5.75 Å². The molecule has 7 heteroatoms. The van der Waals surface area contributed by atoms with E-state index in [0.717, 1.165) is 5.52 Å². The quantitative estimate of drug-likeness (QED) is 0.665. The van der Waals surface area contributed by atoms with Crippen molar-refractivity contribution in [2.24, 2.45) is 0 Å². The topological polar surface area (TPSA) is 86.2 Å². The van der Waals surface area contributed by atoms with Gasteiger partial charge in [-0.05, 0) is 12.1 Å². The van der Waals surface area contributed by atoms with Gasteiger partial charge in [-0.1, -0.05) is 0 Å². The summed E-state index contributed by atoms with van der Waals surface area (Å²) in [6.45, 7) is 0. The van der Waals surface area contributed by atoms with Crippen LogP contribution in [0.1, 0.15) is 5.89 Å².